The summed E-state index contributed by atoms with van der Waals surface area (Å²) in [6, 6.07) is 9.28. The van der Waals surface area contributed by atoms with Gasteiger partial charge < -0.3 is 36.8 Å². The Bertz CT molecular complexity index is 869. The predicted molar refractivity (Wildman–Crippen MR) is 113 cm³/mol. The predicted octanol–water partition coefficient (Wildman–Crippen LogP) is 4.65. The highest BCUT2D eigenvalue weighted by Gasteiger charge is 2.25. The number of aryl methyl sites for hydroxylation is 2. The molecular weight excluding hydrogens is 440 g/mol. The molecule has 10 nitrogen and oxygen atoms in total. The fraction of sp³-hybridized carbons (Fsp3) is 0.222. The Kier molecular flexibility index (Phi) is 7.49. The van der Waals surface area contributed by atoms with Gasteiger partial charge in [-0.25, -0.2) is 9.59 Å². The largest absolute Gasteiger partial charge is 0.446 e. The van der Waals surface area contributed by atoms with Crippen LogP contribution in [0.2, 0.25) is 0 Å². The monoisotopic (exact) mass is 462 g/mol. The van der Waals surface area contributed by atoms with Crippen molar-refractivity contribution in [3.63, 3.8) is 0 Å². The molecule has 166 valence electrons. The molecule has 12 heteroatoms. The lowest BCUT2D eigenvalue weighted by Crippen LogP contribution is -2.15. The van der Waals surface area contributed by atoms with Crippen molar-refractivity contribution < 1.29 is 46.4 Å². The SMILES string of the molecule is Cc1cccc(C(=O)OCS(O)(O)O)c1-c1c(C)cccc1C(=O)OCS(O)(O)O. The van der Waals surface area contributed by atoms with E-state index in [1.807, 2.05) is 0 Å². The number of hydrogen-bond acceptors (Lipinski definition) is 10. The van der Waals surface area contributed by atoms with E-state index in [4.69, 9.17) is 36.8 Å². The lowest BCUT2D eigenvalue weighted by molar-refractivity contribution is 0.0544. The molecular formula is C18H22O10S2. The van der Waals surface area contributed by atoms with Gasteiger partial charge >= 0.3 is 11.9 Å². The van der Waals surface area contributed by atoms with Gasteiger partial charge in [-0.2, -0.15) is 0 Å². The van der Waals surface area contributed by atoms with E-state index in [9.17, 15) is 9.59 Å². The third kappa shape index (κ3) is 6.42. The average molecular weight is 462 g/mol. The van der Waals surface area contributed by atoms with Crippen LogP contribution < -0.4 is 0 Å². The highest BCUT2D eigenvalue weighted by molar-refractivity contribution is 8.19. The number of benzene rings is 2. The van der Waals surface area contributed by atoms with Crippen molar-refractivity contribution in [2.24, 2.45) is 0 Å². The molecule has 0 spiro atoms. The van der Waals surface area contributed by atoms with E-state index >= 15 is 0 Å². The van der Waals surface area contributed by atoms with E-state index in [2.05, 4.69) is 0 Å². The van der Waals surface area contributed by atoms with Crippen LogP contribution in [-0.2, 0) is 9.47 Å². The quantitative estimate of drug-likeness (QED) is 0.318. The van der Waals surface area contributed by atoms with E-state index < -0.39 is 45.6 Å². The summed E-state index contributed by atoms with van der Waals surface area (Å²) < 4.78 is 63.8. The van der Waals surface area contributed by atoms with Crippen molar-refractivity contribution in [2.45, 2.75) is 13.8 Å². The third-order valence-electron chi connectivity index (χ3n) is 3.93. The maximum Gasteiger partial charge on any atom is 0.339 e. The number of carbonyl (C=O) groups excluding carboxylic acids is 2. The van der Waals surface area contributed by atoms with Crippen LogP contribution in [0.5, 0.6) is 0 Å². The molecule has 0 heterocycles. The smallest absolute Gasteiger partial charge is 0.339 e. The van der Waals surface area contributed by atoms with Crippen LogP contribution in [0, 0.1) is 13.8 Å². The van der Waals surface area contributed by atoms with Crippen LogP contribution in [0.3, 0.4) is 0 Å². The second-order valence-corrected chi connectivity index (χ2v) is 9.36. The minimum atomic E-state index is -4.05. The Labute approximate surface area is 175 Å². The van der Waals surface area contributed by atoms with E-state index in [0.29, 0.717) is 22.3 Å². The van der Waals surface area contributed by atoms with Crippen LogP contribution in [0.4, 0.5) is 0 Å². The van der Waals surface area contributed by atoms with Gasteiger partial charge in [0, 0.05) is 11.1 Å². The summed E-state index contributed by atoms with van der Waals surface area (Å²) in [5, 5.41) is 0. The number of carbonyl (C=O) groups is 2. The average Bonchev–Trinajstić information content (AvgIpc) is 2.63. The second kappa shape index (κ2) is 9.32. The number of ether oxygens (including phenoxy) is 2. The molecule has 0 aliphatic rings. The summed E-state index contributed by atoms with van der Waals surface area (Å²) in [4.78, 5) is 25.1. The normalized spacial score (nSPS) is 12.9. The topological polar surface area (TPSA) is 174 Å². The van der Waals surface area contributed by atoms with Crippen molar-refractivity contribution >= 4 is 33.7 Å². The Morgan fingerprint density at radius 1 is 0.700 bits per heavy atom. The van der Waals surface area contributed by atoms with E-state index in [1.165, 1.54) is 12.1 Å². The molecule has 2 aromatic rings. The first-order valence-electron chi connectivity index (χ1n) is 8.30. The Balaban J connectivity index is 2.54. The highest BCUT2D eigenvalue weighted by Crippen LogP contribution is 2.37. The molecule has 6 N–H and O–H groups in total. The van der Waals surface area contributed by atoms with Gasteiger partial charge in [-0.15, -0.1) is 0 Å². The van der Waals surface area contributed by atoms with Crippen molar-refractivity contribution in [3.8, 4) is 11.1 Å². The first kappa shape index (κ1) is 24.1. The minimum absolute atomic E-state index is 0.00607. The van der Waals surface area contributed by atoms with Crippen molar-refractivity contribution in [1.82, 2.24) is 0 Å². The molecule has 0 saturated carbocycles. The van der Waals surface area contributed by atoms with E-state index in [-0.39, 0.29) is 11.1 Å². The van der Waals surface area contributed by atoms with Crippen molar-refractivity contribution in [1.29, 1.82) is 0 Å². The maximum absolute atomic E-state index is 12.5. The molecule has 0 unspecified atom stereocenters. The molecule has 30 heavy (non-hydrogen) atoms. The number of rotatable bonds is 7. The summed E-state index contributed by atoms with van der Waals surface area (Å²) in [5.74, 6) is -3.96. The Morgan fingerprint density at radius 3 is 1.33 bits per heavy atom. The fourth-order valence-corrected chi connectivity index (χ4v) is 3.29. The molecule has 0 saturated heterocycles. The van der Waals surface area contributed by atoms with Crippen LogP contribution in [0.1, 0.15) is 31.8 Å². The summed E-state index contributed by atoms with van der Waals surface area (Å²) in [6.07, 6.45) is 0. The van der Waals surface area contributed by atoms with Gasteiger partial charge in [0.05, 0.1) is 11.1 Å². The molecule has 0 fully saturated rings. The third-order valence-corrected chi connectivity index (χ3v) is 4.80. The van der Waals surface area contributed by atoms with Gasteiger partial charge in [-0.1, -0.05) is 24.3 Å². The second-order valence-electron chi connectivity index (χ2n) is 6.36. The molecule has 0 aromatic heterocycles. The summed E-state index contributed by atoms with van der Waals surface area (Å²) in [7, 11) is -8.10. The van der Waals surface area contributed by atoms with Crippen molar-refractivity contribution in [2.75, 3.05) is 11.9 Å². The fourth-order valence-electron chi connectivity index (χ4n) is 2.76. The first-order chi connectivity index (χ1) is 13.8. The molecule has 0 amide bonds. The number of hydrogen-bond donors (Lipinski definition) is 6. The lowest BCUT2D eigenvalue weighted by atomic mass is 9.88. The molecule has 0 aliphatic heterocycles. The minimum Gasteiger partial charge on any atom is -0.446 e. The van der Waals surface area contributed by atoms with Crippen LogP contribution in [0.15, 0.2) is 36.4 Å². The lowest BCUT2D eigenvalue weighted by Gasteiger charge is -2.21. The zero-order valence-corrected chi connectivity index (χ0v) is 17.6. The highest BCUT2D eigenvalue weighted by atomic mass is 32.3. The van der Waals surface area contributed by atoms with Crippen LogP contribution >= 0.6 is 21.7 Å². The van der Waals surface area contributed by atoms with Crippen LogP contribution in [-0.4, -0.2) is 51.1 Å². The summed E-state index contributed by atoms with van der Waals surface area (Å²) >= 11 is 0. The van der Waals surface area contributed by atoms with Gasteiger partial charge in [0.2, 0.25) is 0 Å². The standard InChI is InChI=1S/C18H22O10S2/c1-11-5-3-7-13(17(19)27-9-29(21,22)23)15(11)16-12(2)6-4-8-14(16)18(20)28-10-30(24,25)26/h3-8,21-26H,9-10H2,1-2H3. The van der Waals surface area contributed by atoms with E-state index in [0.717, 1.165) is 0 Å². The van der Waals surface area contributed by atoms with Gasteiger partial charge in [0.1, 0.15) is 21.7 Å². The Hall–Kier alpha value is -2.16. The van der Waals surface area contributed by atoms with Gasteiger partial charge in [0.15, 0.2) is 11.9 Å². The molecule has 0 atom stereocenters. The Morgan fingerprint density at radius 2 is 1.03 bits per heavy atom. The van der Waals surface area contributed by atoms with Gasteiger partial charge in [0.25, 0.3) is 0 Å². The summed E-state index contributed by atoms with van der Waals surface area (Å²) in [6.45, 7) is 3.36. The first-order valence-corrected chi connectivity index (χ1v) is 11.7. The zero-order chi connectivity index (χ0) is 22.7. The maximum atomic E-state index is 12.5. The zero-order valence-electron chi connectivity index (χ0n) is 16.0. The molecule has 0 aliphatic carbocycles. The molecule has 2 rings (SSSR count). The van der Waals surface area contributed by atoms with Crippen LogP contribution in [0.25, 0.3) is 11.1 Å². The van der Waals surface area contributed by atoms with Crippen molar-refractivity contribution in [3.05, 3.63) is 58.7 Å². The molecule has 0 radical (unpaired) electrons. The van der Waals surface area contributed by atoms with Gasteiger partial charge in [-0.05, 0) is 37.1 Å². The molecule has 0 bridgehead atoms. The van der Waals surface area contributed by atoms with Gasteiger partial charge in [-0.3, -0.25) is 0 Å². The molecule has 2 aromatic carbocycles. The van der Waals surface area contributed by atoms with E-state index in [1.54, 1.807) is 38.1 Å². The number of esters is 2. The summed E-state index contributed by atoms with van der Waals surface area (Å²) in [5.41, 5.74) is 1.75.